The van der Waals surface area contributed by atoms with Gasteiger partial charge in [0.15, 0.2) is 0 Å². The van der Waals surface area contributed by atoms with E-state index in [0.29, 0.717) is 22.1 Å². The van der Waals surface area contributed by atoms with E-state index in [4.69, 9.17) is 27.9 Å². The van der Waals surface area contributed by atoms with Crippen molar-refractivity contribution in [1.82, 2.24) is 5.32 Å². The Labute approximate surface area is 169 Å². The Hall–Kier alpha value is -2.51. The lowest BCUT2D eigenvalue weighted by Crippen LogP contribution is -2.16. The molecule has 0 heterocycles. The highest BCUT2D eigenvalue weighted by Crippen LogP contribution is 2.29. The molecule has 0 aromatic heterocycles. The minimum Gasteiger partial charge on any atom is -0.456 e. The monoisotopic (exact) mass is 396 g/mol. The minimum atomic E-state index is 0.342. The average Bonchev–Trinajstić information content (AvgIpc) is 2.68. The number of nitriles is 1. The van der Waals surface area contributed by atoms with Crippen LogP contribution in [0.2, 0.25) is 10.0 Å². The van der Waals surface area contributed by atoms with Crippen molar-refractivity contribution in [2.45, 2.75) is 13.0 Å². The molecule has 0 spiro atoms. The minimum absolute atomic E-state index is 0.342. The molecule has 0 aliphatic carbocycles. The second-order valence-corrected chi connectivity index (χ2v) is 6.87. The topological polar surface area (TPSA) is 45.0 Å². The zero-order valence-corrected chi connectivity index (χ0v) is 16.1. The maximum atomic E-state index is 9.21. The number of nitrogens with zero attached hydrogens (tertiary/aromatic N) is 1. The average molecular weight is 397 g/mol. The van der Waals surface area contributed by atoms with Gasteiger partial charge in [-0.3, -0.25) is 0 Å². The molecular formula is C22H18Cl2N2O. The molecule has 3 aromatic rings. The Bertz CT molecular complexity index is 932. The van der Waals surface area contributed by atoms with E-state index in [9.17, 15) is 5.26 Å². The lowest BCUT2D eigenvalue weighted by Gasteiger charge is -2.09. The van der Waals surface area contributed by atoms with Crippen LogP contribution in [0.15, 0.2) is 66.7 Å². The standard InChI is InChI=1S/C22H18Cl2N2O/c23-18-8-4-17(5-9-18)15-26-13-12-16-6-10-19(11-7-16)27-22-3-1-2-21(24)20(22)14-25/h1-11,26H,12-13,15H2. The highest BCUT2D eigenvalue weighted by molar-refractivity contribution is 6.32. The van der Waals surface area contributed by atoms with E-state index < -0.39 is 0 Å². The Kier molecular flexibility index (Phi) is 6.73. The Morgan fingerprint density at radius 1 is 0.889 bits per heavy atom. The second-order valence-electron chi connectivity index (χ2n) is 6.02. The van der Waals surface area contributed by atoms with Crippen molar-refractivity contribution in [2.24, 2.45) is 0 Å². The number of benzene rings is 3. The van der Waals surface area contributed by atoms with Crippen LogP contribution in [0.25, 0.3) is 0 Å². The molecule has 0 aliphatic heterocycles. The molecule has 0 fully saturated rings. The SMILES string of the molecule is N#Cc1c(Cl)cccc1Oc1ccc(CCNCc2ccc(Cl)cc2)cc1. The molecule has 0 radical (unpaired) electrons. The summed E-state index contributed by atoms with van der Waals surface area (Å²) in [7, 11) is 0. The van der Waals surface area contributed by atoms with Crippen molar-refractivity contribution in [3.8, 4) is 17.6 Å². The van der Waals surface area contributed by atoms with Crippen LogP contribution in [0, 0.1) is 11.3 Å². The summed E-state index contributed by atoms with van der Waals surface area (Å²) in [6.07, 6.45) is 0.911. The lowest BCUT2D eigenvalue weighted by atomic mass is 10.1. The Morgan fingerprint density at radius 3 is 2.30 bits per heavy atom. The van der Waals surface area contributed by atoms with Gasteiger partial charge in [-0.1, -0.05) is 53.5 Å². The Balaban J connectivity index is 1.51. The molecular weight excluding hydrogens is 379 g/mol. The van der Waals surface area contributed by atoms with Crippen molar-refractivity contribution < 1.29 is 4.74 Å². The molecule has 0 saturated carbocycles. The largest absolute Gasteiger partial charge is 0.456 e. The first kappa shape index (κ1) is 19.3. The molecule has 0 unspecified atom stereocenters. The summed E-state index contributed by atoms with van der Waals surface area (Å²) in [5, 5.41) is 13.8. The molecule has 136 valence electrons. The quantitative estimate of drug-likeness (QED) is 0.498. The summed E-state index contributed by atoms with van der Waals surface area (Å²) in [6, 6.07) is 22.9. The van der Waals surface area contributed by atoms with Crippen LogP contribution >= 0.6 is 23.2 Å². The van der Waals surface area contributed by atoms with E-state index in [1.54, 1.807) is 18.2 Å². The van der Waals surface area contributed by atoms with E-state index >= 15 is 0 Å². The van der Waals surface area contributed by atoms with Crippen LogP contribution < -0.4 is 10.1 Å². The fraction of sp³-hybridized carbons (Fsp3) is 0.136. The van der Waals surface area contributed by atoms with Crippen LogP contribution in [0.1, 0.15) is 16.7 Å². The van der Waals surface area contributed by atoms with E-state index in [-0.39, 0.29) is 0 Å². The predicted molar refractivity (Wildman–Crippen MR) is 110 cm³/mol. The molecule has 27 heavy (non-hydrogen) atoms. The smallest absolute Gasteiger partial charge is 0.146 e. The van der Waals surface area contributed by atoms with E-state index in [1.807, 2.05) is 48.5 Å². The molecule has 3 rings (SSSR count). The van der Waals surface area contributed by atoms with E-state index in [2.05, 4.69) is 11.4 Å². The maximum absolute atomic E-state index is 9.21. The number of halogens is 2. The molecule has 0 saturated heterocycles. The number of ether oxygens (including phenoxy) is 1. The van der Waals surface area contributed by atoms with Crippen molar-refractivity contribution in [3.05, 3.63) is 93.5 Å². The second kappa shape index (κ2) is 9.43. The predicted octanol–water partition coefficient (Wildman–Crippen LogP) is 5.99. The van der Waals surface area contributed by atoms with E-state index in [0.717, 1.165) is 24.5 Å². The van der Waals surface area contributed by atoms with Gasteiger partial charge in [0.2, 0.25) is 0 Å². The molecule has 5 heteroatoms. The first-order chi connectivity index (χ1) is 13.2. The fourth-order valence-electron chi connectivity index (χ4n) is 2.62. The van der Waals surface area contributed by atoms with Gasteiger partial charge in [-0.2, -0.15) is 5.26 Å². The molecule has 3 nitrogen and oxygen atoms in total. The van der Waals surface area contributed by atoms with Crippen LogP contribution in [-0.4, -0.2) is 6.54 Å². The molecule has 3 aromatic carbocycles. The number of hydrogen-bond acceptors (Lipinski definition) is 3. The van der Waals surface area contributed by atoms with Crippen molar-refractivity contribution in [3.63, 3.8) is 0 Å². The lowest BCUT2D eigenvalue weighted by molar-refractivity contribution is 0.481. The van der Waals surface area contributed by atoms with E-state index in [1.165, 1.54) is 11.1 Å². The van der Waals surface area contributed by atoms with Gasteiger partial charge in [0.05, 0.1) is 5.02 Å². The third kappa shape index (κ3) is 5.48. The third-order valence-corrected chi connectivity index (χ3v) is 4.64. The summed E-state index contributed by atoms with van der Waals surface area (Å²) < 4.78 is 5.80. The summed E-state index contributed by atoms with van der Waals surface area (Å²) in [5.74, 6) is 1.13. The zero-order valence-electron chi connectivity index (χ0n) is 14.6. The molecule has 0 atom stereocenters. The van der Waals surface area contributed by atoms with Crippen LogP contribution in [-0.2, 0) is 13.0 Å². The molecule has 1 N–H and O–H groups in total. The summed E-state index contributed by atoms with van der Waals surface area (Å²) in [4.78, 5) is 0. The summed E-state index contributed by atoms with van der Waals surface area (Å²) in [5.41, 5.74) is 2.75. The molecule has 0 aliphatic rings. The van der Waals surface area contributed by atoms with Gasteiger partial charge < -0.3 is 10.1 Å². The molecule has 0 amide bonds. The Morgan fingerprint density at radius 2 is 1.59 bits per heavy atom. The van der Waals surface area contributed by atoms with Crippen LogP contribution in [0.4, 0.5) is 0 Å². The van der Waals surface area contributed by atoms with Gasteiger partial charge in [-0.25, -0.2) is 0 Å². The number of rotatable bonds is 7. The van der Waals surface area contributed by atoms with Gasteiger partial charge in [0.1, 0.15) is 23.1 Å². The van der Waals surface area contributed by atoms with Crippen molar-refractivity contribution >= 4 is 23.2 Å². The van der Waals surface area contributed by atoms with Crippen LogP contribution in [0.5, 0.6) is 11.5 Å². The number of hydrogen-bond donors (Lipinski definition) is 1. The summed E-state index contributed by atoms with van der Waals surface area (Å²) in [6.45, 7) is 1.68. The normalized spacial score (nSPS) is 10.4. The van der Waals surface area contributed by atoms with Crippen LogP contribution in [0.3, 0.4) is 0 Å². The van der Waals surface area contributed by atoms with Gasteiger partial charge in [-0.15, -0.1) is 0 Å². The van der Waals surface area contributed by atoms with Crippen molar-refractivity contribution in [2.75, 3.05) is 6.54 Å². The fourth-order valence-corrected chi connectivity index (χ4v) is 2.95. The van der Waals surface area contributed by atoms with Gasteiger partial charge >= 0.3 is 0 Å². The highest BCUT2D eigenvalue weighted by atomic mass is 35.5. The zero-order chi connectivity index (χ0) is 19.1. The van der Waals surface area contributed by atoms with Gasteiger partial charge in [0, 0.05) is 11.6 Å². The van der Waals surface area contributed by atoms with Gasteiger partial charge in [0.25, 0.3) is 0 Å². The van der Waals surface area contributed by atoms with Crippen molar-refractivity contribution in [1.29, 1.82) is 5.26 Å². The first-order valence-electron chi connectivity index (χ1n) is 8.56. The first-order valence-corrected chi connectivity index (χ1v) is 9.32. The van der Waals surface area contributed by atoms with Gasteiger partial charge in [-0.05, 0) is 60.5 Å². The summed E-state index contributed by atoms with van der Waals surface area (Å²) >= 11 is 11.9. The molecule has 0 bridgehead atoms. The maximum Gasteiger partial charge on any atom is 0.146 e. The highest BCUT2D eigenvalue weighted by Gasteiger charge is 2.08. The number of nitrogens with one attached hydrogen (secondary N) is 1. The third-order valence-electron chi connectivity index (χ3n) is 4.07.